The molecule has 1 aromatic heterocycles. The van der Waals surface area contributed by atoms with Gasteiger partial charge in [0.2, 0.25) is 0 Å². The van der Waals surface area contributed by atoms with Crippen LogP contribution in [0.3, 0.4) is 0 Å². The number of benzene rings is 2. The van der Waals surface area contributed by atoms with Gasteiger partial charge in [-0.1, -0.05) is 35.9 Å². The number of carbonyl (C=O) groups is 1. The molecule has 6 heteroatoms. The largest absolute Gasteiger partial charge is 0.493 e. The van der Waals surface area contributed by atoms with E-state index in [1.807, 2.05) is 12.1 Å². The molecule has 0 saturated carbocycles. The Morgan fingerprint density at radius 2 is 2.04 bits per heavy atom. The first-order chi connectivity index (χ1) is 11.6. The number of aliphatic hydroxyl groups excluding tert-OH is 1. The molecular formula is C18H16ClNO4. The van der Waals surface area contributed by atoms with Crippen molar-refractivity contribution in [1.82, 2.24) is 5.32 Å². The molecular weight excluding hydrogens is 330 g/mol. The van der Waals surface area contributed by atoms with E-state index in [-0.39, 0.29) is 12.4 Å². The van der Waals surface area contributed by atoms with Crippen LogP contribution in [-0.4, -0.2) is 24.7 Å². The predicted molar refractivity (Wildman–Crippen MR) is 91.5 cm³/mol. The average Bonchev–Trinajstić information content (AvgIpc) is 3.04. The molecule has 0 saturated heterocycles. The summed E-state index contributed by atoms with van der Waals surface area (Å²) in [6.07, 6.45) is 0. The number of rotatable bonds is 5. The van der Waals surface area contributed by atoms with Crippen LogP contribution >= 0.6 is 11.6 Å². The van der Waals surface area contributed by atoms with Crippen LogP contribution < -0.4 is 10.1 Å². The van der Waals surface area contributed by atoms with Crippen molar-refractivity contribution >= 4 is 28.5 Å². The summed E-state index contributed by atoms with van der Waals surface area (Å²) in [4.78, 5) is 12.4. The Bertz CT molecular complexity index is 857. The van der Waals surface area contributed by atoms with Gasteiger partial charge in [0.15, 0.2) is 17.1 Å². The van der Waals surface area contributed by atoms with Gasteiger partial charge in [-0.2, -0.15) is 0 Å². The van der Waals surface area contributed by atoms with Crippen LogP contribution in [0.15, 0.2) is 52.9 Å². The Morgan fingerprint density at radius 3 is 2.71 bits per heavy atom. The minimum atomic E-state index is -0.551. The van der Waals surface area contributed by atoms with Crippen molar-refractivity contribution in [2.45, 2.75) is 6.04 Å². The number of methoxy groups -OCH3 is 1. The molecule has 0 aliphatic carbocycles. The van der Waals surface area contributed by atoms with Crippen LogP contribution in [0.1, 0.15) is 22.2 Å². The molecule has 1 unspecified atom stereocenters. The highest BCUT2D eigenvalue weighted by Crippen LogP contribution is 2.28. The molecule has 2 aromatic carbocycles. The number of hydrogen-bond acceptors (Lipinski definition) is 4. The van der Waals surface area contributed by atoms with Crippen LogP contribution in [0, 0.1) is 0 Å². The first-order valence-corrected chi connectivity index (χ1v) is 7.74. The first kappa shape index (κ1) is 16.4. The van der Waals surface area contributed by atoms with Gasteiger partial charge in [0.1, 0.15) is 0 Å². The van der Waals surface area contributed by atoms with Crippen LogP contribution in [0.5, 0.6) is 5.75 Å². The lowest BCUT2D eigenvalue weighted by molar-refractivity contribution is 0.0890. The molecule has 1 amide bonds. The third-order valence-corrected chi connectivity index (χ3v) is 3.96. The fourth-order valence-corrected chi connectivity index (χ4v) is 2.59. The molecule has 0 fully saturated rings. The monoisotopic (exact) mass is 345 g/mol. The predicted octanol–water partition coefficient (Wildman–Crippen LogP) is 3.56. The van der Waals surface area contributed by atoms with Gasteiger partial charge in [-0.15, -0.1) is 0 Å². The van der Waals surface area contributed by atoms with Gasteiger partial charge in [0.05, 0.1) is 19.8 Å². The molecule has 0 radical (unpaired) electrons. The van der Waals surface area contributed by atoms with Crippen molar-refractivity contribution in [3.05, 3.63) is 64.9 Å². The van der Waals surface area contributed by atoms with E-state index in [1.54, 1.807) is 43.5 Å². The molecule has 3 aromatic rings. The maximum atomic E-state index is 12.4. The number of nitrogens with one attached hydrogen (secondary N) is 1. The Kier molecular flexibility index (Phi) is 4.74. The van der Waals surface area contributed by atoms with Crippen LogP contribution in [-0.2, 0) is 0 Å². The zero-order chi connectivity index (χ0) is 17.1. The second kappa shape index (κ2) is 6.95. The summed E-state index contributed by atoms with van der Waals surface area (Å²) in [5.41, 5.74) is 1.26. The van der Waals surface area contributed by atoms with Crippen molar-refractivity contribution in [2.24, 2.45) is 0 Å². The normalized spacial score (nSPS) is 12.1. The molecule has 1 atom stereocenters. The molecule has 0 spiro atoms. The molecule has 124 valence electrons. The average molecular weight is 346 g/mol. The minimum absolute atomic E-state index is 0.155. The lowest BCUT2D eigenvalue weighted by Gasteiger charge is -2.16. The summed E-state index contributed by atoms with van der Waals surface area (Å²) < 4.78 is 10.8. The van der Waals surface area contributed by atoms with Crippen molar-refractivity contribution in [1.29, 1.82) is 0 Å². The number of para-hydroxylation sites is 1. The number of halogens is 1. The maximum Gasteiger partial charge on any atom is 0.287 e. The number of furan rings is 1. The van der Waals surface area contributed by atoms with E-state index in [1.165, 1.54) is 0 Å². The molecule has 2 N–H and O–H groups in total. The van der Waals surface area contributed by atoms with Crippen molar-refractivity contribution in [3.8, 4) is 5.75 Å². The van der Waals surface area contributed by atoms with E-state index in [0.717, 1.165) is 10.9 Å². The zero-order valence-corrected chi connectivity index (χ0v) is 13.7. The Balaban J connectivity index is 1.84. The molecule has 0 aliphatic heterocycles. The lowest BCUT2D eigenvalue weighted by Crippen LogP contribution is -2.30. The Labute approximate surface area is 143 Å². The topological polar surface area (TPSA) is 71.7 Å². The van der Waals surface area contributed by atoms with Crippen LogP contribution in [0.4, 0.5) is 0 Å². The number of amides is 1. The summed E-state index contributed by atoms with van der Waals surface area (Å²) in [6, 6.07) is 13.4. The van der Waals surface area contributed by atoms with Gasteiger partial charge in [-0.05, 0) is 29.8 Å². The molecule has 0 bridgehead atoms. The fourth-order valence-electron chi connectivity index (χ4n) is 2.47. The number of aliphatic hydroxyl groups is 1. The van der Waals surface area contributed by atoms with E-state index in [4.69, 9.17) is 20.8 Å². The third kappa shape index (κ3) is 3.22. The lowest BCUT2D eigenvalue weighted by atomic mass is 10.1. The number of hydrogen-bond donors (Lipinski definition) is 2. The van der Waals surface area contributed by atoms with E-state index in [9.17, 15) is 9.90 Å². The zero-order valence-electron chi connectivity index (χ0n) is 13.0. The van der Waals surface area contributed by atoms with Gasteiger partial charge < -0.3 is 19.6 Å². The van der Waals surface area contributed by atoms with Crippen LogP contribution in [0.25, 0.3) is 11.0 Å². The van der Waals surface area contributed by atoms with E-state index < -0.39 is 11.9 Å². The minimum Gasteiger partial charge on any atom is -0.493 e. The van der Waals surface area contributed by atoms with Crippen molar-refractivity contribution < 1.29 is 19.1 Å². The van der Waals surface area contributed by atoms with Gasteiger partial charge >= 0.3 is 0 Å². The highest BCUT2D eigenvalue weighted by atomic mass is 35.5. The second-order valence-corrected chi connectivity index (χ2v) is 5.69. The first-order valence-electron chi connectivity index (χ1n) is 7.36. The fraction of sp³-hybridized carbons (Fsp3) is 0.167. The van der Waals surface area contributed by atoms with Gasteiger partial charge in [0, 0.05) is 10.4 Å². The van der Waals surface area contributed by atoms with Crippen LogP contribution in [0.2, 0.25) is 5.02 Å². The van der Waals surface area contributed by atoms with Gasteiger partial charge in [-0.25, -0.2) is 0 Å². The van der Waals surface area contributed by atoms with Gasteiger partial charge in [-0.3, -0.25) is 4.79 Å². The number of ether oxygens (including phenoxy) is 1. The van der Waals surface area contributed by atoms with E-state index >= 15 is 0 Å². The van der Waals surface area contributed by atoms with Crippen molar-refractivity contribution in [3.63, 3.8) is 0 Å². The number of carbonyl (C=O) groups excluding carboxylic acids is 1. The van der Waals surface area contributed by atoms with Gasteiger partial charge in [0.25, 0.3) is 5.91 Å². The molecule has 24 heavy (non-hydrogen) atoms. The summed E-state index contributed by atoms with van der Waals surface area (Å²) in [5, 5.41) is 13.7. The summed E-state index contributed by atoms with van der Waals surface area (Å²) in [6.45, 7) is -0.239. The SMILES string of the molecule is COc1cccc2cc(C(=O)NC(CO)c3ccc(Cl)cc3)oc12. The molecule has 0 aliphatic rings. The quantitative estimate of drug-likeness (QED) is 0.741. The summed E-state index contributed by atoms with van der Waals surface area (Å²) >= 11 is 5.86. The molecule has 5 nitrogen and oxygen atoms in total. The summed E-state index contributed by atoms with van der Waals surface area (Å²) in [5.74, 6) is 0.298. The van der Waals surface area contributed by atoms with E-state index in [0.29, 0.717) is 16.4 Å². The van der Waals surface area contributed by atoms with E-state index in [2.05, 4.69) is 5.32 Å². The summed E-state index contributed by atoms with van der Waals surface area (Å²) in [7, 11) is 1.54. The third-order valence-electron chi connectivity index (χ3n) is 3.71. The number of fused-ring (bicyclic) bond motifs is 1. The standard InChI is InChI=1S/C18H16ClNO4/c1-23-15-4-2-3-12-9-16(24-17(12)15)18(22)20-14(10-21)11-5-7-13(19)8-6-11/h2-9,14,21H,10H2,1H3,(H,20,22). The maximum absolute atomic E-state index is 12.4. The highest BCUT2D eigenvalue weighted by Gasteiger charge is 2.19. The Hall–Kier alpha value is -2.50. The smallest absolute Gasteiger partial charge is 0.287 e. The highest BCUT2D eigenvalue weighted by molar-refractivity contribution is 6.30. The molecule has 3 rings (SSSR count). The van der Waals surface area contributed by atoms with Crippen molar-refractivity contribution in [2.75, 3.05) is 13.7 Å². The Morgan fingerprint density at radius 1 is 1.29 bits per heavy atom. The molecule has 1 heterocycles. The second-order valence-electron chi connectivity index (χ2n) is 5.25.